The summed E-state index contributed by atoms with van der Waals surface area (Å²) >= 11 is 0. The number of hydrogen-bond donors (Lipinski definition) is 1. The van der Waals surface area contributed by atoms with Gasteiger partial charge in [0.1, 0.15) is 5.82 Å². The van der Waals surface area contributed by atoms with Crippen LogP contribution in [0.5, 0.6) is 0 Å². The van der Waals surface area contributed by atoms with E-state index in [1.165, 1.54) is 17.0 Å². The van der Waals surface area contributed by atoms with Crippen LogP contribution in [0.3, 0.4) is 0 Å². The van der Waals surface area contributed by atoms with E-state index >= 15 is 0 Å². The van der Waals surface area contributed by atoms with Gasteiger partial charge in [-0.2, -0.15) is 0 Å². The summed E-state index contributed by atoms with van der Waals surface area (Å²) in [5.41, 5.74) is 2.21. The van der Waals surface area contributed by atoms with E-state index in [-0.39, 0.29) is 12.1 Å². The van der Waals surface area contributed by atoms with E-state index in [0.717, 1.165) is 5.56 Å². The van der Waals surface area contributed by atoms with Gasteiger partial charge in [0, 0.05) is 5.70 Å². The summed E-state index contributed by atoms with van der Waals surface area (Å²) in [6, 6.07) is 14.2. The Bertz CT molecular complexity index is 909. The summed E-state index contributed by atoms with van der Waals surface area (Å²) in [5.74, 6) is -0.965. The molecule has 2 aromatic rings. The maximum atomic E-state index is 13.8. The van der Waals surface area contributed by atoms with Crippen molar-refractivity contribution in [3.05, 3.63) is 82.8 Å². The highest BCUT2D eigenvalue weighted by atomic mass is 19.1. The van der Waals surface area contributed by atoms with Crippen molar-refractivity contribution in [2.45, 2.75) is 39.5 Å². The van der Waals surface area contributed by atoms with Gasteiger partial charge in [0.2, 0.25) is 0 Å². The molecule has 28 heavy (non-hydrogen) atoms. The zero-order chi connectivity index (χ0) is 20.3. The zero-order valence-electron chi connectivity index (χ0n) is 16.1. The Hall–Kier alpha value is -3.15. The molecule has 1 atom stereocenters. The number of halogens is 1. The first-order valence-electron chi connectivity index (χ1n) is 9.16. The molecule has 1 aliphatic heterocycles. The number of urea groups is 1. The minimum atomic E-state index is -0.776. The van der Waals surface area contributed by atoms with Crippen LogP contribution in [-0.2, 0) is 16.1 Å². The van der Waals surface area contributed by atoms with Crippen LogP contribution in [0.25, 0.3) is 0 Å². The molecule has 0 aliphatic carbocycles. The molecule has 1 heterocycles. The Balaban J connectivity index is 2.04. The molecule has 0 radical (unpaired) electrons. The topological polar surface area (TPSA) is 58.6 Å². The Morgan fingerprint density at radius 2 is 1.89 bits per heavy atom. The van der Waals surface area contributed by atoms with E-state index in [1.54, 1.807) is 32.9 Å². The van der Waals surface area contributed by atoms with Crippen LogP contribution in [0.15, 0.2) is 65.9 Å². The number of carbonyl (C=O) groups excluding carboxylic acids is 2. The van der Waals surface area contributed by atoms with Crippen molar-refractivity contribution >= 4 is 12.0 Å². The van der Waals surface area contributed by atoms with Gasteiger partial charge >= 0.3 is 12.0 Å². The Morgan fingerprint density at radius 1 is 1.18 bits per heavy atom. The quantitative estimate of drug-likeness (QED) is 0.784. The van der Waals surface area contributed by atoms with E-state index in [0.29, 0.717) is 23.4 Å². The number of rotatable bonds is 5. The predicted molar refractivity (Wildman–Crippen MR) is 104 cm³/mol. The van der Waals surface area contributed by atoms with Crippen molar-refractivity contribution in [1.82, 2.24) is 10.2 Å². The van der Waals surface area contributed by atoms with Crippen molar-refractivity contribution in [1.29, 1.82) is 0 Å². The molecular weight excluding hydrogens is 359 g/mol. The number of allylic oxidation sites excluding steroid dienone is 1. The molecule has 1 unspecified atom stereocenters. The third-order valence-electron chi connectivity index (χ3n) is 4.52. The number of nitrogens with zero attached hydrogens (tertiary/aromatic N) is 1. The average Bonchev–Trinajstić information content (AvgIpc) is 2.64. The maximum absolute atomic E-state index is 13.8. The first-order valence-corrected chi connectivity index (χ1v) is 9.16. The van der Waals surface area contributed by atoms with Gasteiger partial charge in [0.25, 0.3) is 0 Å². The fraction of sp³-hybridized carbons (Fsp3) is 0.273. The third-order valence-corrected chi connectivity index (χ3v) is 4.52. The van der Waals surface area contributed by atoms with Gasteiger partial charge in [-0.05, 0) is 44.0 Å². The molecule has 0 saturated heterocycles. The van der Waals surface area contributed by atoms with Crippen LogP contribution >= 0.6 is 0 Å². The number of hydrogen-bond acceptors (Lipinski definition) is 3. The van der Waals surface area contributed by atoms with Gasteiger partial charge in [0.15, 0.2) is 0 Å². The van der Waals surface area contributed by atoms with Crippen LogP contribution in [0.1, 0.15) is 37.9 Å². The lowest BCUT2D eigenvalue weighted by atomic mass is 9.94. The fourth-order valence-corrected chi connectivity index (χ4v) is 3.22. The molecule has 0 aromatic heterocycles. The number of esters is 1. The number of ether oxygens (including phenoxy) is 1. The first kappa shape index (κ1) is 19.6. The lowest BCUT2D eigenvalue weighted by molar-refractivity contribution is -0.143. The van der Waals surface area contributed by atoms with Crippen LogP contribution in [0.4, 0.5) is 9.18 Å². The summed E-state index contributed by atoms with van der Waals surface area (Å²) in [4.78, 5) is 27.1. The second-order valence-electron chi connectivity index (χ2n) is 6.96. The standard InChI is InChI=1S/C22H23FN2O3/c1-14(2)28-21(26)19-15(3)25(13-16-8-5-4-6-9-16)22(27)24-20(19)17-10-7-11-18(23)12-17/h4-12,14,20H,13H2,1-3H3,(H,24,27). The molecule has 0 bridgehead atoms. The molecule has 2 amide bonds. The minimum Gasteiger partial charge on any atom is -0.459 e. The van der Waals surface area contributed by atoms with Crippen LogP contribution in [-0.4, -0.2) is 23.0 Å². The van der Waals surface area contributed by atoms with E-state index in [4.69, 9.17) is 4.74 Å². The van der Waals surface area contributed by atoms with Gasteiger partial charge in [-0.25, -0.2) is 14.0 Å². The second-order valence-corrected chi connectivity index (χ2v) is 6.96. The van der Waals surface area contributed by atoms with Crippen LogP contribution < -0.4 is 5.32 Å². The summed E-state index contributed by atoms with van der Waals surface area (Å²) < 4.78 is 19.2. The van der Waals surface area contributed by atoms with Gasteiger partial charge < -0.3 is 10.1 Å². The summed E-state index contributed by atoms with van der Waals surface area (Å²) in [6.45, 7) is 5.54. The largest absolute Gasteiger partial charge is 0.459 e. The van der Waals surface area contributed by atoms with E-state index in [2.05, 4.69) is 5.32 Å². The molecule has 6 heteroatoms. The predicted octanol–water partition coefficient (Wildman–Crippen LogP) is 4.32. The van der Waals surface area contributed by atoms with E-state index < -0.39 is 17.8 Å². The highest BCUT2D eigenvalue weighted by molar-refractivity contribution is 5.95. The van der Waals surface area contributed by atoms with E-state index in [1.807, 2.05) is 30.3 Å². The molecule has 1 aliphatic rings. The minimum absolute atomic E-state index is 0.301. The van der Waals surface area contributed by atoms with Crippen molar-refractivity contribution < 1.29 is 18.7 Å². The smallest absolute Gasteiger partial charge is 0.338 e. The monoisotopic (exact) mass is 382 g/mol. The number of benzene rings is 2. The average molecular weight is 382 g/mol. The molecule has 3 rings (SSSR count). The first-order chi connectivity index (χ1) is 13.4. The maximum Gasteiger partial charge on any atom is 0.338 e. The van der Waals surface area contributed by atoms with Gasteiger partial charge in [-0.3, -0.25) is 4.90 Å². The summed E-state index contributed by atoms with van der Waals surface area (Å²) in [7, 11) is 0. The molecule has 0 saturated carbocycles. The van der Waals surface area contributed by atoms with Crippen LogP contribution in [0.2, 0.25) is 0 Å². The Kier molecular flexibility index (Phi) is 5.78. The SMILES string of the molecule is CC1=C(C(=O)OC(C)C)C(c2cccc(F)c2)NC(=O)N1Cc1ccccc1. The molecule has 0 spiro atoms. The van der Waals surface area contributed by atoms with Crippen molar-refractivity contribution in [2.75, 3.05) is 0 Å². The molecule has 0 fully saturated rings. The number of carbonyl (C=O) groups is 2. The molecule has 146 valence electrons. The molecular formula is C22H23FN2O3. The van der Waals surface area contributed by atoms with Gasteiger partial charge in [-0.1, -0.05) is 42.5 Å². The molecule has 1 N–H and O–H groups in total. The molecule has 5 nitrogen and oxygen atoms in total. The highest BCUT2D eigenvalue weighted by Crippen LogP contribution is 2.32. The van der Waals surface area contributed by atoms with Crippen molar-refractivity contribution in [3.8, 4) is 0 Å². The molecule has 2 aromatic carbocycles. The normalized spacial score (nSPS) is 17.0. The van der Waals surface area contributed by atoms with E-state index in [9.17, 15) is 14.0 Å². The zero-order valence-corrected chi connectivity index (χ0v) is 16.1. The van der Waals surface area contributed by atoms with Crippen molar-refractivity contribution in [2.24, 2.45) is 0 Å². The highest BCUT2D eigenvalue weighted by Gasteiger charge is 2.36. The summed E-state index contributed by atoms with van der Waals surface area (Å²) in [6.07, 6.45) is -0.318. The van der Waals surface area contributed by atoms with Gasteiger partial charge in [-0.15, -0.1) is 0 Å². The van der Waals surface area contributed by atoms with Crippen molar-refractivity contribution in [3.63, 3.8) is 0 Å². The van der Waals surface area contributed by atoms with Crippen LogP contribution in [0, 0.1) is 5.82 Å². The third kappa shape index (κ3) is 4.22. The summed E-state index contributed by atoms with van der Waals surface area (Å²) in [5, 5.41) is 2.83. The Labute approximate surface area is 163 Å². The fourth-order valence-electron chi connectivity index (χ4n) is 3.22. The number of nitrogens with one attached hydrogen (secondary N) is 1. The lowest BCUT2D eigenvalue weighted by Gasteiger charge is -2.35. The second kappa shape index (κ2) is 8.25. The van der Waals surface area contributed by atoms with Gasteiger partial charge in [0.05, 0.1) is 24.3 Å². The Morgan fingerprint density at radius 3 is 2.54 bits per heavy atom. The number of amides is 2. The lowest BCUT2D eigenvalue weighted by Crippen LogP contribution is -2.47.